The van der Waals surface area contributed by atoms with E-state index in [4.69, 9.17) is 9.56 Å². The number of nitrogens with two attached hydrogens (primary N) is 1. The Hall–Kier alpha value is -2.97. The topological polar surface area (TPSA) is 123 Å². The van der Waals surface area contributed by atoms with Gasteiger partial charge in [0.25, 0.3) is 0 Å². The molecule has 0 amide bonds. The van der Waals surface area contributed by atoms with Crippen molar-refractivity contribution in [2.24, 2.45) is 5.14 Å². The molecular weight excluding hydrogens is 344 g/mol. The minimum absolute atomic E-state index is 0.0174. The van der Waals surface area contributed by atoms with Crippen LogP contribution in [0.2, 0.25) is 0 Å². The largest absolute Gasteiger partial charge is 0.480 e. The van der Waals surface area contributed by atoms with E-state index in [9.17, 15) is 18.3 Å². The number of sulfonamides is 1. The third kappa shape index (κ3) is 3.44. The molecule has 3 rings (SSSR count). The van der Waals surface area contributed by atoms with E-state index in [1.54, 1.807) is 36.4 Å². The fraction of sp³-hybridized carbons (Fsp3) is 0.0588. The van der Waals surface area contributed by atoms with Crippen molar-refractivity contribution in [2.75, 3.05) is 0 Å². The molecule has 1 aromatic heterocycles. The first-order valence-electron chi connectivity index (χ1n) is 7.22. The Kier molecular flexibility index (Phi) is 4.39. The lowest BCUT2D eigenvalue weighted by Crippen LogP contribution is -2.14. The fourth-order valence-corrected chi connectivity index (χ4v) is 3.10. The number of aliphatic carboxylic acids is 1. The number of carboxylic acid groups (broad SMARTS) is 1. The third-order valence-electron chi connectivity index (χ3n) is 3.71. The van der Waals surface area contributed by atoms with Gasteiger partial charge in [-0.3, -0.25) is 4.79 Å². The van der Waals surface area contributed by atoms with Crippen LogP contribution in [0.25, 0.3) is 11.1 Å². The first-order chi connectivity index (χ1) is 11.9. The maximum Gasteiger partial charge on any atom is 0.320 e. The van der Waals surface area contributed by atoms with E-state index in [2.05, 4.69) is 4.98 Å². The highest BCUT2D eigenvalue weighted by Crippen LogP contribution is 2.33. The molecule has 0 bridgehead atoms. The second-order valence-corrected chi connectivity index (χ2v) is 6.86. The number of oxazole rings is 1. The number of primary sulfonamides is 1. The molecule has 7 nitrogen and oxygen atoms in total. The SMILES string of the molecule is NS(=O)(=O)c1ccc(-c2ccccc2C(C(=O)O)c2ncco2)cc1. The van der Waals surface area contributed by atoms with Crippen molar-refractivity contribution >= 4 is 16.0 Å². The molecule has 0 saturated carbocycles. The van der Waals surface area contributed by atoms with Crippen LogP contribution in [0.15, 0.2) is 70.3 Å². The van der Waals surface area contributed by atoms with Crippen LogP contribution in [0.1, 0.15) is 17.4 Å². The Balaban J connectivity index is 2.11. The van der Waals surface area contributed by atoms with Crippen molar-refractivity contribution in [3.05, 3.63) is 72.4 Å². The summed E-state index contributed by atoms with van der Waals surface area (Å²) in [6.45, 7) is 0. The molecule has 8 heteroatoms. The number of carboxylic acids is 1. The fourth-order valence-electron chi connectivity index (χ4n) is 2.58. The molecule has 0 aliphatic heterocycles. The highest BCUT2D eigenvalue weighted by molar-refractivity contribution is 7.89. The Morgan fingerprint density at radius 1 is 1.12 bits per heavy atom. The number of carbonyl (C=O) groups is 1. The number of hydrogen-bond acceptors (Lipinski definition) is 5. The van der Waals surface area contributed by atoms with Gasteiger partial charge in [-0.15, -0.1) is 0 Å². The average Bonchev–Trinajstić information content (AvgIpc) is 3.08. The maximum atomic E-state index is 11.8. The zero-order valence-corrected chi connectivity index (χ0v) is 13.7. The summed E-state index contributed by atoms with van der Waals surface area (Å²) < 4.78 is 27.9. The molecule has 2 aromatic carbocycles. The molecule has 0 spiro atoms. The smallest absolute Gasteiger partial charge is 0.320 e. The summed E-state index contributed by atoms with van der Waals surface area (Å²) >= 11 is 0. The normalized spacial score (nSPS) is 12.7. The minimum Gasteiger partial charge on any atom is -0.480 e. The molecule has 1 heterocycles. The lowest BCUT2D eigenvalue weighted by atomic mass is 9.90. The number of rotatable bonds is 5. The molecule has 1 atom stereocenters. The van der Waals surface area contributed by atoms with Gasteiger partial charge in [-0.2, -0.15) is 0 Å². The summed E-state index contributed by atoms with van der Waals surface area (Å²) in [5.41, 5.74) is 1.77. The minimum atomic E-state index is -3.80. The quantitative estimate of drug-likeness (QED) is 0.720. The Morgan fingerprint density at radius 2 is 1.80 bits per heavy atom. The average molecular weight is 358 g/mol. The van der Waals surface area contributed by atoms with Crippen LogP contribution in [-0.2, 0) is 14.8 Å². The van der Waals surface area contributed by atoms with E-state index >= 15 is 0 Å². The Morgan fingerprint density at radius 3 is 2.36 bits per heavy atom. The second-order valence-electron chi connectivity index (χ2n) is 5.30. The van der Waals surface area contributed by atoms with E-state index in [1.165, 1.54) is 24.6 Å². The van der Waals surface area contributed by atoms with Crippen LogP contribution < -0.4 is 5.14 Å². The summed E-state index contributed by atoms with van der Waals surface area (Å²) in [6.07, 6.45) is 2.70. The van der Waals surface area contributed by atoms with Crippen molar-refractivity contribution in [3.63, 3.8) is 0 Å². The standard InChI is InChI=1S/C17H14N2O5S/c18-25(22,23)12-7-5-11(6-8-12)13-3-1-2-4-14(13)15(17(20)21)16-19-9-10-24-16/h1-10,15H,(H,20,21)(H2,18,22,23). The van der Waals surface area contributed by atoms with Gasteiger partial charge in [0.1, 0.15) is 6.26 Å². The Bertz CT molecular complexity index is 996. The highest BCUT2D eigenvalue weighted by Gasteiger charge is 2.28. The van der Waals surface area contributed by atoms with Crippen molar-refractivity contribution in [2.45, 2.75) is 10.8 Å². The van der Waals surface area contributed by atoms with Gasteiger partial charge in [-0.1, -0.05) is 36.4 Å². The summed E-state index contributed by atoms with van der Waals surface area (Å²) in [5.74, 6) is -2.11. The zero-order chi connectivity index (χ0) is 18.0. The third-order valence-corrected chi connectivity index (χ3v) is 4.64. The van der Waals surface area contributed by atoms with E-state index in [1.807, 2.05) is 0 Å². The molecule has 0 aliphatic rings. The summed E-state index contributed by atoms with van der Waals surface area (Å²) in [4.78, 5) is 15.7. The van der Waals surface area contributed by atoms with Gasteiger partial charge in [-0.05, 0) is 28.8 Å². The first kappa shape index (κ1) is 16.9. The lowest BCUT2D eigenvalue weighted by Gasteiger charge is -2.15. The number of nitrogens with zero attached hydrogens (tertiary/aromatic N) is 1. The van der Waals surface area contributed by atoms with Gasteiger partial charge in [-0.25, -0.2) is 18.5 Å². The van der Waals surface area contributed by atoms with Gasteiger partial charge < -0.3 is 9.52 Å². The maximum absolute atomic E-state index is 11.8. The van der Waals surface area contributed by atoms with E-state index in [-0.39, 0.29) is 10.8 Å². The van der Waals surface area contributed by atoms with Crippen molar-refractivity contribution in [1.82, 2.24) is 4.98 Å². The molecule has 25 heavy (non-hydrogen) atoms. The molecule has 0 fully saturated rings. The highest BCUT2D eigenvalue weighted by atomic mass is 32.2. The molecule has 1 unspecified atom stereocenters. The second kappa shape index (κ2) is 6.50. The van der Waals surface area contributed by atoms with E-state index < -0.39 is 21.9 Å². The van der Waals surface area contributed by atoms with Crippen molar-refractivity contribution in [3.8, 4) is 11.1 Å². The number of benzene rings is 2. The monoisotopic (exact) mass is 358 g/mol. The zero-order valence-electron chi connectivity index (χ0n) is 12.9. The molecule has 0 saturated heterocycles. The summed E-state index contributed by atoms with van der Waals surface area (Å²) in [6, 6.07) is 12.8. The van der Waals surface area contributed by atoms with Crippen LogP contribution >= 0.6 is 0 Å². The molecule has 0 radical (unpaired) electrons. The van der Waals surface area contributed by atoms with Gasteiger partial charge in [0, 0.05) is 0 Å². The van der Waals surface area contributed by atoms with Crippen LogP contribution in [0.3, 0.4) is 0 Å². The Labute approximate surface area is 143 Å². The predicted octanol–water partition coefficient (Wildman–Crippen LogP) is 2.21. The van der Waals surface area contributed by atoms with Gasteiger partial charge in [0.15, 0.2) is 5.92 Å². The van der Waals surface area contributed by atoms with Crippen LogP contribution in [0.4, 0.5) is 0 Å². The molecule has 128 valence electrons. The van der Waals surface area contributed by atoms with Gasteiger partial charge >= 0.3 is 5.97 Å². The van der Waals surface area contributed by atoms with Gasteiger partial charge in [0.05, 0.1) is 11.1 Å². The van der Waals surface area contributed by atoms with Crippen molar-refractivity contribution in [1.29, 1.82) is 0 Å². The van der Waals surface area contributed by atoms with Crippen LogP contribution in [-0.4, -0.2) is 24.5 Å². The molecular formula is C17H14N2O5S. The lowest BCUT2D eigenvalue weighted by molar-refractivity contribution is -0.138. The van der Waals surface area contributed by atoms with E-state index in [0.29, 0.717) is 16.7 Å². The molecule has 3 N–H and O–H groups in total. The number of hydrogen-bond donors (Lipinski definition) is 2. The molecule has 3 aromatic rings. The molecule has 0 aliphatic carbocycles. The van der Waals surface area contributed by atoms with Gasteiger partial charge in [0.2, 0.25) is 15.9 Å². The summed E-state index contributed by atoms with van der Waals surface area (Å²) in [7, 11) is -3.80. The van der Waals surface area contributed by atoms with Crippen molar-refractivity contribution < 1.29 is 22.7 Å². The van der Waals surface area contributed by atoms with Crippen LogP contribution in [0.5, 0.6) is 0 Å². The van der Waals surface area contributed by atoms with Crippen LogP contribution in [0, 0.1) is 0 Å². The first-order valence-corrected chi connectivity index (χ1v) is 8.77. The summed E-state index contributed by atoms with van der Waals surface area (Å²) in [5, 5.41) is 14.7. The predicted molar refractivity (Wildman–Crippen MR) is 89.2 cm³/mol. The van der Waals surface area contributed by atoms with E-state index in [0.717, 1.165) is 0 Å². The number of aromatic nitrogens is 1.